The lowest BCUT2D eigenvalue weighted by Gasteiger charge is -1.99. The SMILES string of the molecule is O=[C]OC1CCOC1. The van der Waals surface area contributed by atoms with E-state index in [4.69, 9.17) is 4.74 Å². The maximum Gasteiger partial charge on any atom is 0.417 e. The van der Waals surface area contributed by atoms with Crippen molar-refractivity contribution < 1.29 is 14.3 Å². The van der Waals surface area contributed by atoms with Crippen molar-refractivity contribution in [2.75, 3.05) is 13.2 Å². The van der Waals surface area contributed by atoms with Crippen LogP contribution in [-0.2, 0) is 14.3 Å². The van der Waals surface area contributed by atoms with E-state index < -0.39 is 0 Å². The van der Waals surface area contributed by atoms with E-state index in [2.05, 4.69) is 4.74 Å². The van der Waals surface area contributed by atoms with Gasteiger partial charge in [0.2, 0.25) is 0 Å². The molecule has 0 bridgehead atoms. The molecule has 1 rings (SSSR count). The normalized spacial score (nSPS) is 27.8. The molecule has 0 saturated carbocycles. The average Bonchev–Trinajstić information content (AvgIpc) is 2.19. The van der Waals surface area contributed by atoms with Gasteiger partial charge in [0, 0.05) is 6.42 Å². The van der Waals surface area contributed by atoms with Gasteiger partial charge in [-0.3, -0.25) is 0 Å². The first-order chi connectivity index (χ1) is 3.93. The number of hydrogen-bond donors (Lipinski definition) is 0. The summed E-state index contributed by atoms with van der Waals surface area (Å²) >= 11 is 0. The molecule has 0 aromatic rings. The second kappa shape index (κ2) is 2.67. The summed E-state index contributed by atoms with van der Waals surface area (Å²) in [4.78, 5) is 9.56. The summed E-state index contributed by atoms with van der Waals surface area (Å²) in [7, 11) is 0. The molecule has 0 spiro atoms. The smallest absolute Gasteiger partial charge is 0.417 e. The summed E-state index contributed by atoms with van der Waals surface area (Å²) < 4.78 is 9.38. The summed E-state index contributed by atoms with van der Waals surface area (Å²) in [6.07, 6.45) is 0.780. The van der Waals surface area contributed by atoms with Crippen molar-refractivity contribution in [3.05, 3.63) is 0 Å². The van der Waals surface area contributed by atoms with E-state index in [1.54, 1.807) is 0 Å². The van der Waals surface area contributed by atoms with Gasteiger partial charge < -0.3 is 9.47 Å². The number of carbonyl (C=O) groups excluding carboxylic acids is 1. The first kappa shape index (κ1) is 5.56. The molecule has 8 heavy (non-hydrogen) atoms. The van der Waals surface area contributed by atoms with Crippen molar-refractivity contribution in [2.45, 2.75) is 12.5 Å². The van der Waals surface area contributed by atoms with Gasteiger partial charge in [-0.25, -0.2) is 4.79 Å². The predicted molar refractivity (Wildman–Crippen MR) is 26.0 cm³/mol. The largest absolute Gasteiger partial charge is 0.451 e. The lowest BCUT2D eigenvalue weighted by Crippen LogP contribution is -2.10. The molecule has 3 nitrogen and oxygen atoms in total. The Morgan fingerprint density at radius 2 is 2.62 bits per heavy atom. The Balaban J connectivity index is 2.14. The molecule has 1 heterocycles. The van der Waals surface area contributed by atoms with Gasteiger partial charge in [0.25, 0.3) is 0 Å². The molecule has 0 aromatic carbocycles. The van der Waals surface area contributed by atoms with E-state index in [1.807, 2.05) is 0 Å². The zero-order valence-corrected chi connectivity index (χ0v) is 4.42. The third kappa shape index (κ3) is 1.20. The highest BCUT2D eigenvalue weighted by atomic mass is 16.6. The van der Waals surface area contributed by atoms with Crippen molar-refractivity contribution in [3.8, 4) is 0 Å². The fourth-order valence-electron chi connectivity index (χ4n) is 0.674. The maximum absolute atomic E-state index is 9.56. The van der Waals surface area contributed by atoms with Crippen LogP contribution in [0.5, 0.6) is 0 Å². The first-order valence-corrected chi connectivity index (χ1v) is 2.54. The number of hydrogen-bond acceptors (Lipinski definition) is 3. The Morgan fingerprint density at radius 1 is 1.75 bits per heavy atom. The van der Waals surface area contributed by atoms with Crippen LogP contribution in [0.1, 0.15) is 6.42 Å². The second-order valence-corrected chi connectivity index (χ2v) is 1.69. The summed E-state index contributed by atoms with van der Waals surface area (Å²) in [5, 5.41) is 0. The zero-order valence-electron chi connectivity index (χ0n) is 4.42. The minimum atomic E-state index is -0.0347. The standard InChI is InChI=1S/C5H7O3/c6-4-8-5-1-2-7-3-5/h5H,1-3H2. The molecule has 1 radical (unpaired) electrons. The fraction of sp³-hybridized carbons (Fsp3) is 0.800. The van der Waals surface area contributed by atoms with Crippen LogP contribution in [0.25, 0.3) is 0 Å². The molecule has 1 unspecified atom stereocenters. The lowest BCUT2D eigenvalue weighted by atomic mass is 10.3. The van der Waals surface area contributed by atoms with Gasteiger partial charge in [-0.1, -0.05) is 0 Å². The first-order valence-electron chi connectivity index (χ1n) is 2.54. The van der Waals surface area contributed by atoms with Crippen LogP contribution in [-0.4, -0.2) is 25.8 Å². The third-order valence-corrected chi connectivity index (χ3v) is 1.10. The Kier molecular flexibility index (Phi) is 1.86. The Labute approximate surface area is 47.6 Å². The fourth-order valence-corrected chi connectivity index (χ4v) is 0.674. The van der Waals surface area contributed by atoms with Crippen molar-refractivity contribution >= 4 is 6.47 Å². The van der Waals surface area contributed by atoms with Gasteiger partial charge in [-0.2, -0.15) is 0 Å². The minimum Gasteiger partial charge on any atom is -0.451 e. The minimum absolute atomic E-state index is 0.0347. The van der Waals surface area contributed by atoms with E-state index in [0.717, 1.165) is 6.42 Å². The third-order valence-electron chi connectivity index (χ3n) is 1.10. The number of rotatable bonds is 2. The van der Waals surface area contributed by atoms with E-state index in [9.17, 15) is 4.79 Å². The molecule has 3 heteroatoms. The highest BCUT2D eigenvalue weighted by molar-refractivity contribution is 5.38. The highest BCUT2D eigenvalue weighted by Gasteiger charge is 2.15. The molecule has 45 valence electrons. The van der Waals surface area contributed by atoms with E-state index >= 15 is 0 Å². The van der Waals surface area contributed by atoms with Gasteiger partial charge in [0.1, 0.15) is 6.10 Å². The predicted octanol–water partition coefficient (Wildman–Crippen LogP) is -0.141. The monoisotopic (exact) mass is 115 g/mol. The van der Waals surface area contributed by atoms with Crippen LogP contribution < -0.4 is 0 Å². The summed E-state index contributed by atoms with van der Waals surface area (Å²) in [6.45, 7) is 2.62. The zero-order chi connectivity index (χ0) is 5.82. The Morgan fingerprint density at radius 3 is 3.12 bits per heavy atom. The van der Waals surface area contributed by atoms with Crippen molar-refractivity contribution in [2.24, 2.45) is 0 Å². The van der Waals surface area contributed by atoms with Gasteiger partial charge >= 0.3 is 6.47 Å². The van der Waals surface area contributed by atoms with Crippen LogP contribution in [0.3, 0.4) is 0 Å². The molecule has 0 amide bonds. The van der Waals surface area contributed by atoms with Crippen molar-refractivity contribution in [3.63, 3.8) is 0 Å². The van der Waals surface area contributed by atoms with Crippen LogP contribution in [0.4, 0.5) is 0 Å². The topological polar surface area (TPSA) is 35.5 Å². The highest BCUT2D eigenvalue weighted by Crippen LogP contribution is 2.05. The molecular formula is C5H7O3. The molecule has 1 saturated heterocycles. The Bertz CT molecular complexity index is 75.7. The molecule has 1 fully saturated rings. The Hall–Kier alpha value is -0.570. The van der Waals surface area contributed by atoms with Gasteiger partial charge in [0.15, 0.2) is 0 Å². The quantitative estimate of drug-likeness (QED) is 0.502. The van der Waals surface area contributed by atoms with Crippen molar-refractivity contribution in [1.29, 1.82) is 0 Å². The van der Waals surface area contributed by atoms with Crippen LogP contribution >= 0.6 is 0 Å². The number of ether oxygens (including phenoxy) is 2. The maximum atomic E-state index is 9.56. The van der Waals surface area contributed by atoms with Gasteiger partial charge in [-0.15, -0.1) is 0 Å². The summed E-state index contributed by atoms with van der Waals surface area (Å²) in [5.41, 5.74) is 0. The molecule has 0 aliphatic carbocycles. The van der Waals surface area contributed by atoms with Gasteiger partial charge in [-0.05, 0) is 0 Å². The van der Waals surface area contributed by atoms with Crippen LogP contribution in [0, 0.1) is 0 Å². The van der Waals surface area contributed by atoms with E-state index in [0.29, 0.717) is 13.2 Å². The van der Waals surface area contributed by atoms with Crippen LogP contribution in [0.15, 0.2) is 0 Å². The average molecular weight is 115 g/mol. The van der Waals surface area contributed by atoms with E-state index in [-0.39, 0.29) is 6.10 Å². The molecular weight excluding hydrogens is 108 g/mol. The van der Waals surface area contributed by atoms with E-state index in [1.165, 1.54) is 6.47 Å². The summed E-state index contributed by atoms with van der Waals surface area (Å²) in [5.74, 6) is 0. The molecule has 0 aromatic heterocycles. The molecule has 0 N–H and O–H groups in total. The lowest BCUT2D eigenvalue weighted by molar-refractivity contribution is 0.130. The molecule has 1 aliphatic heterocycles. The van der Waals surface area contributed by atoms with Crippen LogP contribution in [0.2, 0.25) is 0 Å². The second-order valence-electron chi connectivity index (χ2n) is 1.69. The molecule has 1 aliphatic rings. The van der Waals surface area contributed by atoms with Gasteiger partial charge in [0.05, 0.1) is 13.2 Å². The van der Waals surface area contributed by atoms with Crippen molar-refractivity contribution in [1.82, 2.24) is 0 Å². The molecule has 1 atom stereocenters. The summed E-state index contributed by atoms with van der Waals surface area (Å²) in [6, 6.07) is 0.